The Labute approximate surface area is 195 Å². The molecule has 6 heteroatoms. The van der Waals surface area contributed by atoms with Crippen LogP contribution in [0.3, 0.4) is 0 Å². The summed E-state index contributed by atoms with van der Waals surface area (Å²) in [5.74, 6) is -1.20. The third-order valence-corrected chi connectivity index (χ3v) is 6.21. The van der Waals surface area contributed by atoms with E-state index in [-0.39, 0.29) is 5.92 Å². The molecule has 0 saturated carbocycles. The van der Waals surface area contributed by atoms with Crippen molar-refractivity contribution < 1.29 is 30.3 Å². The first kappa shape index (κ1) is 31.2. The van der Waals surface area contributed by atoms with Crippen LogP contribution in [0.4, 0.5) is 0 Å². The summed E-state index contributed by atoms with van der Waals surface area (Å²) in [6, 6.07) is 0. The van der Waals surface area contributed by atoms with Crippen LogP contribution in [0.5, 0.6) is 0 Å². The molecule has 0 amide bonds. The second kappa shape index (κ2) is 20.8. The van der Waals surface area contributed by atoms with Gasteiger partial charge in [0, 0.05) is 0 Å². The molecule has 0 aromatic carbocycles. The molecule has 6 nitrogen and oxygen atoms in total. The van der Waals surface area contributed by atoms with Gasteiger partial charge in [0.05, 0.1) is 6.61 Å². The molecule has 0 aliphatic heterocycles. The number of allylic oxidation sites excluding steroid dienone is 2. The van der Waals surface area contributed by atoms with Crippen molar-refractivity contribution in [1.29, 1.82) is 0 Å². The quantitative estimate of drug-likeness (QED) is 0.123. The molecular weight excluding hydrogens is 408 g/mol. The Morgan fingerprint density at radius 2 is 1.22 bits per heavy atom. The van der Waals surface area contributed by atoms with Crippen LogP contribution in [0.1, 0.15) is 110 Å². The van der Waals surface area contributed by atoms with Gasteiger partial charge in [-0.2, -0.15) is 0 Å². The average Bonchev–Trinajstić information content (AvgIpc) is 2.81. The fourth-order valence-electron chi connectivity index (χ4n) is 3.95. The van der Waals surface area contributed by atoms with Gasteiger partial charge in [-0.25, -0.2) is 0 Å². The van der Waals surface area contributed by atoms with Crippen molar-refractivity contribution in [2.75, 3.05) is 6.61 Å². The highest BCUT2D eigenvalue weighted by Gasteiger charge is 2.36. The monoisotopic (exact) mass is 458 g/mol. The number of carbonyl (C=O) groups excluding carboxylic acids is 1. The van der Waals surface area contributed by atoms with Crippen LogP contribution < -0.4 is 0 Å². The number of carbonyl (C=O) groups is 1. The van der Waals surface area contributed by atoms with E-state index >= 15 is 0 Å². The molecule has 0 aromatic rings. The van der Waals surface area contributed by atoms with E-state index in [1.165, 1.54) is 38.5 Å². The summed E-state index contributed by atoms with van der Waals surface area (Å²) in [7, 11) is 0. The molecule has 5 N–H and O–H groups in total. The first-order valence-electron chi connectivity index (χ1n) is 12.9. The van der Waals surface area contributed by atoms with Gasteiger partial charge >= 0.3 is 0 Å². The number of aliphatic hydroxyl groups is 5. The smallest absolute Gasteiger partial charge is 0.192 e. The summed E-state index contributed by atoms with van der Waals surface area (Å²) < 4.78 is 0. The minimum Gasteiger partial charge on any atom is -0.394 e. The molecule has 32 heavy (non-hydrogen) atoms. The maximum absolute atomic E-state index is 12.5. The van der Waals surface area contributed by atoms with Gasteiger partial charge in [0.1, 0.15) is 24.4 Å². The van der Waals surface area contributed by atoms with Crippen molar-refractivity contribution in [1.82, 2.24) is 0 Å². The van der Waals surface area contributed by atoms with Crippen molar-refractivity contribution in [2.45, 2.75) is 135 Å². The van der Waals surface area contributed by atoms with Crippen LogP contribution in [0.25, 0.3) is 0 Å². The summed E-state index contributed by atoms with van der Waals surface area (Å²) in [5, 5.41) is 48.9. The van der Waals surface area contributed by atoms with Gasteiger partial charge in [-0.3, -0.25) is 4.79 Å². The van der Waals surface area contributed by atoms with Crippen molar-refractivity contribution in [2.24, 2.45) is 5.92 Å². The number of rotatable bonds is 22. The van der Waals surface area contributed by atoms with E-state index < -0.39 is 36.8 Å². The van der Waals surface area contributed by atoms with Crippen LogP contribution in [0, 0.1) is 5.92 Å². The molecule has 0 bridgehead atoms. The summed E-state index contributed by atoms with van der Waals surface area (Å²) in [4.78, 5) is 12.5. The molecule has 2 unspecified atom stereocenters. The molecule has 190 valence electrons. The summed E-state index contributed by atoms with van der Waals surface area (Å²) in [5.41, 5.74) is 0. The zero-order valence-electron chi connectivity index (χ0n) is 20.5. The van der Waals surface area contributed by atoms with Gasteiger partial charge < -0.3 is 25.5 Å². The van der Waals surface area contributed by atoms with E-state index in [9.17, 15) is 25.2 Å². The Hall–Kier alpha value is -0.790. The van der Waals surface area contributed by atoms with Crippen LogP contribution in [-0.4, -0.2) is 62.3 Å². The van der Waals surface area contributed by atoms with Crippen LogP contribution in [0.2, 0.25) is 0 Å². The summed E-state index contributed by atoms with van der Waals surface area (Å²) in [6.07, 6.45) is 13.5. The topological polar surface area (TPSA) is 118 Å². The maximum atomic E-state index is 12.5. The van der Waals surface area contributed by atoms with Gasteiger partial charge in [0.2, 0.25) is 0 Å². The van der Waals surface area contributed by atoms with E-state index in [1.807, 2.05) is 0 Å². The predicted octanol–water partition coefficient (Wildman–Crippen LogP) is 4.06. The summed E-state index contributed by atoms with van der Waals surface area (Å²) in [6.45, 7) is 3.59. The Kier molecular flexibility index (Phi) is 20.3. The maximum Gasteiger partial charge on any atom is 0.192 e. The van der Waals surface area contributed by atoms with Crippen molar-refractivity contribution in [3.63, 3.8) is 0 Å². The fraction of sp³-hybridized carbons (Fsp3) is 0.885. The molecule has 0 aliphatic rings. The van der Waals surface area contributed by atoms with Crippen LogP contribution >= 0.6 is 0 Å². The third kappa shape index (κ3) is 14.4. The molecule has 0 spiro atoms. The van der Waals surface area contributed by atoms with Gasteiger partial charge in [-0.15, -0.1) is 0 Å². The van der Waals surface area contributed by atoms with Crippen LogP contribution in [0.15, 0.2) is 12.2 Å². The molecule has 0 radical (unpaired) electrons. The van der Waals surface area contributed by atoms with Crippen molar-refractivity contribution >= 4 is 5.78 Å². The summed E-state index contributed by atoms with van der Waals surface area (Å²) >= 11 is 0. The minimum absolute atomic E-state index is 0.309. The highest BCUT2D eigenvalue weighted by Crippen LogP contribution is 2.23. The van der Waals surface area contributed by atoms with E-state index in [1.54, 1.807) is 0 Å². The first-order chi connectivity index (χ1) is 15.4. The Morgan fingerprint density at radius 3 is 1.81 bits per heavy atom. The lowest BCUT2D eigenvalue weighted by Gasteiger charge is -2.27. The van der Waals surface area contributed by atoms with Gasteiger partial charge in [0.25, 0.3) is 0 Å². The number of aliphatic hydroxyl groups excluding tert-OH is 5. The molecule has 0 aromatic heterocycles. The number of hydrogen-bond donors (Lipinski definition) is 5. The van der Waals surface area contributed by atoms with E-state index in [2.05, 4.69) is 26.0 Å². The second-order valence-corrected chi connectivity index (χ2v) is 9.10. The molecule has 0 heterocycles. The zero-order chi connectivity index (χ0) is 24.2. The molecule has 0 aliphatic carbocycles. The number of ketones is 1. The fourth-order valence-corrected chi connectivity index (χ4v) is 3.95. The third-order valence-electron chi connectivity index (χ3n) is 6.21. The van der Waals surface area contributed by atoms with E-state index in [4.69, 9.17) is 5.11 Å². The largest absolute Gasteiger partial charge is 0.394 e. The van der Waals surface area contributed by atoms with E-state index in [0.717, 1.165) is 44.9 Å². The lowest BCUT2D eigenvalue weighted by Crippen LogP contribution is -2.48. The van der Waals surface area contributed by atoms with Crippen LogP contribution in [-0.2, 0) is 4.79 Å². The van der Waals surface area contributed by atoms with E-state index in [0.29, 0.717) is 12.8 Å². The number of unbranched alkanes of at least 4 members (excludes halogenated alkanes) is 10. The highest BCUT2D eigenvalue weighted by atomic mass is 16.4. The standard InChI is InChI=1S/C26H50O6/c1-3-5-7-9-10-11-12-13-15-17-19-21(18-16-14-8-6-4-2)23(29)25(31)26(32)24(30)22(28)20-27/h13,15,21-24,26-30,32H,3-12,14,16-20H2,1-2H3/t21?,22-,23?,24-,26+/m1/s1. The van der Waals surface area contributed by atoms with Gasteiger partial charge in [-0.1, -0.05) is 90.2 Å². The SMILES string of the molecule is CCCCCCCCC=CCCC(CCCCCCC)C(O)C(=O)[C@@H](O)[C@H](O)[C@H](O)CO. The lowest BCUT2D eigenvalue weighted by molar-refractivity contribution is -0.151. The molecular formula is C26H50O6. The van der Waals surface area contributed by atoms with Gasteiger partial charge in [0.15, 0.2) is 5.78 Å². The lowest BCUT2D eigenvalue weighted by atomic mass is 9.86. The Morgan fingerprint density at radius 1 is 0.688 bits per heavy atom. The Balaban J connectivity index is 4.61. The highest BCUT2D eigenvalue weighted by molar-refractivity contribution is 5.87. The Bertz CT molecular complexity index is 467. The minimum atomic E-state index is -1.92. The predicted molar refractivity (Wildman–Crippen MR) is 129 cm³/mol. The van der Waals surface area contributed by atoms with Crippen molar-refractivity contribution in [3.05, 3.63) is 12.2 Å². The first-order valence-corrected chi connectivity index (χ1v) is 12.9. The normalized spacial score (nSPS) is 16.7. The molecule has 0 saturated heterocycles. The molecule has 0 rings (SSSR count). The number of hydrogen-bond acceptors (Lipinski definition) is 6. The molecule has 0 fully saturated rings. The number of Topliss-reactive ketones (excluding diaryl/α,β-unsaturated/α-hetero) is 1. The van der Waals surface area contributed by atoms with Gasteiger partial charge in [-0.05, 0) is 38.0 Å². The van der Waals surface area contributed by atoms with Crippen molar-refractivity contribution in [3.8, 4) is 0 Å². The second-order valence-electron chi connectivity index (χ2n) is 9.10. The average molecular weight is 459 g/mol. The zero-order valence-corrected chi connectivity index (χ0v) is 20.5. The molecule has 5 atom stereocenters.